The highest BCUT2D eigenvalue weighted by Crippen LogP contribution is 2.29. The molecule has 13 heavy (non-hydrogen) atoms. The van der Waals surface area contributed by atoms with Gasteiger partial charge >= 0.3 is 0 Å². The molecule has 0 radical (unpaired) electrons. The number of halogens is 2. The second-order valence-electron chi connectivity index (χ2n) is 3.07. The van der Waals surface area contributed by atoms with E-state index < -0.39 is 6.10 Å². The molecule has 0 spiro atoms. The average Bonchev–Trinajstić information content (AvgIpc) is 2.02. The number of hydrogen-bond donors (Lipinski definition) is 1. The zero-order chi connectivity index (χ0) is 10.0. The summed E-state index contributed by atoms with van der Waals surface area (Å²) in [6.07, 6.45) is -0.214. The molecule has 0 amide bonds. The first-order chi connectivity index (χ1) is 6.06. The van der Waals surface area contributed by atoms with Gasteiger partial charge in [-0.15, -0.1) is 0 Å². The lowest BCUT2D eigenvalue weighted by atomic mass is 10.0. The number of hydrogen-bond acceptors (Lipinski definition) is 1. The number of aliphatic hydroxyl groups is 1. The highest BCUT2D eigenvalue weighted by molar-refractivity contribution is 9.10. The lowest BCUT2D eigenvalue weighted by Gasteiger charge is -2.12. The molecule has 1 aromatic carbocycles. The van der Waals surface area contributed by atoms with Crippen molar-refractivity contribution in [2.24, 2.45) is 0 Å². The lowest BCUT2D eigenvalue weighted by molar-refractivity contribution is 0.168. The Morgan fingerprint density at radius 3 is 2.62 bits per heavy atom. The normalized spacial score (nSPS) is 13.0. The SMILES string of the molecule is CCC(O)c1c(F)cc(C)cc1Br. The maximum atomic E-state index is 13.4. The van der Waals surface area contributed by atoms with Gasteiger partial charge in [0.2, 0.25) is 0 Å². The Labute approximate surface area is 85.7 Å². The van der Waals surface area contributed by atoms with Gasteiger partial charge in [-0.1, -0.05) is 22.9 Å². The zero-order valence-electron chi connectivity index (χ0n) is 7.64. The Bertz CT molecular complexity index is 289. The van der Waals surface area contributed by atoms with Crippen LogP contribution in [-0.4, -0.2) is 5.11 Å². The zero-order valence-corrected chi connectivity index (χ0v) is 9.23. The standard InChI is InChI=1S/C10H12BrFO/c1-3-9(13)10-7(11)4-6(2)5-8(10)12/h4-5,9,13H,3H2,1-2H3. The van der Waals surface area contributed by atoms with Crippen molar-refractivity contribution in [1.82, 2.24) is 0 Å². The quantitative estimate of drug-likeness (QED) is 0.849. The van der Waals surface area contributed by atoms with E-state index in [4.69, 9.17) is 0 Å². The van der Waals surface area contributed by atoms with Crippen LogP contribution in [-0.2, 0) is 0 Å². The third kappa shape index (κ3) is 2.29. The fourth-order valence-corrected chi connectivity index (χ4v) is 2.05. The molecule has 0 heterocycles. The van der Waals surface area contributed by atoms with Gasteiger partial charge in [0.1, 0.15) is 5.82 Å². The van der Waals surface area contributed by atoms with Crippen molar-refractivity contribution in [1.29, 1.82) is 0 Å². The van der Waals surface area contributed by atoms with E-state index in [2.05, 4.69) is 15.9 Å². The number of rotatable bonds is 2. The van der Waals surface area contributed by atoms with E-state index in [1.807, 2.05) is 13.8 Å². The van der Waals surface area contributed by atoms with E-state index in [0.717, 1.165) is 5.56 Å². The lowest BCUT2D eigenvalue weighted by Crippen LogP contribution is -2.01. The third-order valence-corrected chi connectivity index (χ3v) is 2.60. The van der Waals surface area contributed by atoms with Crippen molar-refractivity contribution in [3.05, 3.63) is 33.5 Å². The van der Waals surface area contributed by atoms with Crippen LogP contribution in [0.2, 0.25) is 0 Å². The Morgan fingerprint density at radius 2 is 2.15 bits per heavy atom. The summed E-state index contributed by atoms with van der Waals surface area (Å²) >= 11 is 3.24. The summed E-state index contributed by atoms with van der Waals surface area (Å²) in [7, 11) is 0. The largest absolute Gasteiger partial charge is 0.388 e. The molecule has 0 fully saturated rings. The van der Waals surface area contributed by atoms with Gasteiger partial charge in [-0.05, 0) is 31.0 Å². The van der Waals surface area contributed by atoms with Gasteiger partial charge < -0.3 is 5.11 Å². The Kier molecular flexibility index (Phi) is 3.45. The molecule has 0 aliphatic rings. The summed E-state index contributed by atoms with van der Waals surface area (Å²) in [6.45, 7) is 3.63. The van der Waals surface area contributed by atoms with Gasteiger partial charge in [0.15, 0.2) is 0 Å². The minimum atomic E-state index is -0.727. The van der Waals surface area contributed by atoms with Crippen molar-refractivity contribution >= 4 is 15.9 Å². The highest BCUT2D eigenvalue weighted by atomic mass is 79.9. The maximum absolute atomic E-state index is 13.4. The monoisotopic (exact) mass is 246 g/mol. The summed E-state index contributed by atoms with van der Waals surface area (Å²) in [4.78, 5) is 0. The van der Waals surface area contributed by atoms with Gasteiger partial charge in [-0.25, -0.2) is 4.39 Å². The molecule has 3 heteroatoms. The summed E-state index contributed by atoms with van der Waals surface area (Å²) in [5.41, 5.74) is 1.20. The number of aliphatic hydroxyl groups excluding tert-OH is 1. The fraction of sp³-hybridized carbons (Fsp3) is 0.400. The molecule has 1 rings (SSSR count). The fourth-order valence-electron chi connectivity index (χ4n) is 1.23. The molecule has 1 unspecified atom stereocenters. The van der Waals surface area contributed by atoms with Crippen LogP contribution in [0.5, 0.6) is 0 Å². The van der Waals surface area contributed by atoms with Crippen molar-refractivity contribution < 1.29 is 9.50 Å². The van der Waals surface area contributed by atoms with Gasteiger partial charge in [0.25, 0.3) is 0 Å². The van der Waals surface area contributed by atoms with E-state index in [-0.39, 0.29) is 5.82 Å². The summed E-state index contributed by atoms with van der Waals surface area (Å²) < 4.78 is 14.0. The van der Waals surface area contributed by atoms with Crippen molar-refractivity contribution in [3.8, 4) is 0 Å². The van der Waals surface area contributed by atoms with Gasteiger partial charge in [0.05, 0.1) is 6.10 Å². The molecule has 0 aliphatic heterocycles. The molecule has 1 aromatic rings. The van der Waals surface area contributed by atoms with Crippen LogP contribution in [0.25, 0.3) is 0 Å². The van der Waals surface area contributed by atoms with Gasteiger partial charge in [-0.3, -0.25) is 0 Å². The first kappa shape index (κ1) is 10.7. The topological polar surface area (TPSA) is 20.2 Å². The summed E-state index contributed by atoms with van der Waals surface area (Å²) in [5, 5.41) is 9.51. The molecule has 0 bridgehead atoms. The van der Waals surface area contributed by atoms with Crippen LogP contribution >= 0.6 is 15.9 Å². The molecule has 0 aliphatic carbocycles. The van der Waals surface area contributed by atoms with Crippen molar-refractivity contribution in [3.63, 3.8) is 0 Å². The summed E-state index contributed by atoms with van der Waals surface area (Å²) in [5.74, 6) is -0.346. The summed E-state index contributed by atoms with van der Waals surface area (Å²) in [6, 6.07) is 3.23. The third-order valence-electron chi connectivity index (χ3n) is 1.94. The maximum Gasteiger partial charge on any atom is 0.130 e. The Balaban J connectivity index is 3.20. The van der Waals surface area contributed by atoms with Crippen LogP contribution in [0.3, 0.4) is 0 Å². The average molecular weight is 247 g/mol. The van der Waals surface area contributed by atoms with Crippen LogP contribution in [0.4, 0.5) is 4.39 Å². The van der Waals surface area contributed by atoms with E-state index in [1.165, 1.54) is 6.07 Å². The molecule has 1 atom stereocenters. The minimum Gasteiger partial charge on any atom is -0.388 e. The highest BCUT2D eigenvalue weighted by Gasteiger charge is 2.14. The molecular formula is C10H12BrFO. The molecular weight excluding hydrogens is 235 g/mol. The van der Waals surface area contributed by atoms with Crippen molar-refractivity contribution in [2.75, 3.05) is 0 Å². The smallest absolute Gasteiger partial charge is 0.130 e. The molecule has 0 saturated carbocycles. The van der Waals surface area contributed by atoms with Crippen LogP contribution in [0, 0.1) is 12.7 Å². The van der Waals surface area contributed by atoms with E-state index in [9.17, 15) is 9.50 Å². The first-order valence-electron chi connectivity index (χ1n) is 4.19. The first-order valence-corrected chi connectivity index (χ1v) is 4.99. The number of aryl methyl sites for hydroxylation is 1. The van der Waals surface area contributed by atoms with Crippen LogP contribution in [0.1, 0.15) is 30.6 Å². The predicted molar refractivity (Wildman–Crippen MR) is 54.1 cm³/mol. The molecule has 0 aromatic heterocycles. The Hall–Kier alpha value is -0.410. The van der Waals surface area contributed by atoms with E-state index >= 15 is 0 Å². The molecule has 0 saturated heterocycles. The predicted octanol–water partition coefficient (Wildman–Crippen LogP) is 3.34. The Morgan fingerprint density at radius 1 is 1.54 bits per heavy atom. The van der Waals surface area contributed by atoms with Gasteiger partial charge in [-0.2, -0.15) is 0 Å². The van der Waals surface area contributed by atoms with Crippen LogP contribution < -0.4 is 0 Å². The second kappa shape index (κ2) is 4.20. The van der Waals surface area contributed by atoms with E-state index in [1.54, 1.807) is 6.07 Å². The van der Waals surface area contributed by atoms with Crippen LogP contribution in [0.15, 0.2) is 16.6 Å². The molecule has 1 nitrogen and oxygen atoms in total. The minimum absolute atomic E-state index is 0.346. The van der Waals surface area contributed by atoms with Gasteiger partial charge in [0, 0.05) is 10.0 Å². The second-order valence-corrected chi connectivity index (χ2v) is 3.92. The molecule has 72 valence electrons. The number of benzene rings is 1. The van der Waals surface area contributed by atoms with E-state index in [0.29, 0.717) is 16.5 Å². The molecule has 1 N–H and O–H groups in total. The van der Waals surface area contributed by atoms with Crippen molar-refractivity contribution in [2.45, 2.75) is 26.4 Å².